The number of esters is 1. The van der Waals surface area contributed by atoms with Crippen molar-refractivity contribution in [1.29, 1.82) is 0 Å². The first kappa shape index (κ1) is 19.4. The molecule has 26 heavy (non-hydrogen) atoms. The van der Waals surface area contributed by atoms with E-state index in [1.807, 2.05) is 0 Å². The van der Waals surface area contributed by atoms with E-state index in [-0.39, 0.29) is 33.5 Å². The van der Waals surface area contributed by atoms with Crippen LogP contribution in [0.2, 0.25) is 0 Å². The highest BCUT2D eigenvalue weighted by Crippen LogP contribution is 2.23. The normalized spacial score (nSPS) is 10.8. The number of nitro benzene ring substituents is 1. The maximum absolute atomic E-state index is 12.5. The van der Waals surface area contributed by atoms with E-state index < -0.39 is 20.9 Å². The molecule has 10 heteroatoms. The fourth-order valence-corrected chi connectivity index (χ4v) is 3.11. The Bertz CT molecular complexity index is 974. The highest BCUT2D eigenvalue weighted by molar-refractivity contribution is 7.92. The van der Waals surface area contributed by atoms with E-state index in [4.69, 9.17) is 16.3 Å². The maximum atomic E-state index is 12.5. The van der Waals surface area contributed by atoms with Gasteiger partial charge in [0.05, 0.1) is 21.1 Å². The van der Waals surface area contributed by atoms with E-state index in [2.05, 4.69) is 11.3 Å². The highest BCUT2D eigenvalue weighted by Gasteiger charge is 2.21. The molecule has 0 unspecified atom stereocenters. The third-order valence-electron chi connectivity index (χ3n) is 3.09. The van der Waals surface area contributed by atoms with Crippen LogP contribution >= 0.6 is 11.6 Å². The van der Waals surface area contributed by atoms with Crippen LogP contribution in [0.3, 0.4) is 0 Å². The number of hydrogen-bond acceptors (Lipinski definition) is 6. The van der Waals surface area contributed by atoms with Crippen molar-refractivity contribution in [1.82, 2.24) is 0 Å². The molecule has 0 saturated heterocycles. The van der Waals surface area contributed by atoms with Gasteiger partial charge in [0.25, 0.3) is 15.7 Å². The maximum Gasteiger partial charge on any atom is 0.340 e. The van der Waals surface area contributed by atoms with Gasteiger partial charge in [0.15, 0.2) is 0 Å². The second kappa shape index (κ2) is 7.98. The van der Waals surface area contributed by atoms with Gasteiger partial charge in [-0.1, -0.05) is 36.4 Å². The minimum atomic E-state index is -4.16. The fourth-order valence-electron chi connectivity index (χ4n) is 1.94. The van der Waals surface area contributed by atoms with Crippen LogP contribution in [0.25, 0.3) is 0 Å². The van der Waals surface area contributed by atoms with Crippen LogP contribution in [0.1, 0.15) is 10.4 Å². The molecule has 1 N–H and O–H groups in total. The third kappa shape index (κ3) is 4.80. The standard InChI is InChI=1S/C16H13ClN2O6S/c1-11(17)10-25-16(20)14-7-2-3-8-15(14)18-26(23,24)13-6-4-5-12(9-13)19(21)22/h2-9,18H,1,10H2. The summed E-state index contributed by atoms with van der Waals surface area (Å²) in [6.07, 6.45) is 0. The van der Waals surface area contributed by atoms with Crippen molar-refractivity contribution in [3.63, 3.8) is 0 Å². The summed E-state index contributed by atoms with van der Waals surface area (Å²) in [5, 5.41) is 10.9. The van der Waals surface area contributed by atoms with Gasteiger partial charge in [-0.25, -0.2) is 13.2 Å². The monoisotopic (exact) mass is 396 g/mol. The van der Waals surface area contributed by atoms with Crippen molar-refractivity contribution in [3.8, 4) is 0 Å². The number of hydrogen-bond donors (Lipinski definition) is 1. The number of sulfonamides is 1. The third-order valence-corrected chi connectivity index (χ3v) is 4.56. The lowest BCUT2D eigenvalue weighted by atomic mass is 10.2. The minimum Gasteiger partial charge on any atom is -0.456 e. The van der Waals surface area contributed by atoms with Crippen molar-refractivity contribution < 1.29 is 22.9 Å². The second-order valence-corrected chi connectivity index (χ2v) is 7.22. The summed E-state index contributed by atoms with van der Waals surface area (Å²) >= 11 is 5.54. The van der Waals surface area contributed by atoms with Gasteiger partial charge >= 0.3 is 5.97 Å². The van der Waals surface area contributed by atoms with Crippen LogP contribution in [0.5, 0.6) is 0 Å². The number of non-ortho nitro benzene ring substituents is 1. The van der Waals surface area contributed by atoms with Crippen molar-refractivity contribution in [2.75, 3.05) is 11.3 Å². The van der Waals surface area contributed by atoms with Gasteiger partial charge in [-0.3, -0.25) is 14.8 Å². The number of ether oxygens (including phenoxy) is 1. The number of nitro groups is 1. The molecule has 0 aromatic heterocycles. The van der Waals surface area contributed by atoms with Gasteiger partial charge in [0.1, 0.15) is 6.61 Å². The smallest absolute Gasteiger partial charge is 0.340 e. The molecule has 0 bridgehead atoms. The lowest BCUT2D eigenvalue weighted by Gasteiger charge is -2.12. The van der Waals surface area contributed by atoms with Crippen LogP contribution in [-0.2, 0) is 14.8 Å². The molecule has 0 saturated carbocycles. The summed E-state index contributed by atoms with van der Waals surface area (Å²) in [4.78, 5) is 21.9. The summed E-state index contributed by atoms with van der Waals surface area (Å²) < 4.78 is 32.1. The first-order valence-electron chi connectivity index (χ1n) is 7.07. The summed E-state index contributed by atoms with van der Waals surface area (Å²) in [6, 6.07) is 10.3. The largest absolute Gasteiger partial charge is 0.456 e. The highest BCUT2D eigenvalue weighted by atomic mass is 35.5. The molecule has 2 aromatic rings. The minimum absolute atomic E-state index is 0.0378. The van der Waals surface area contributed by atoms with E-state index in [1.165, 1.54) is 42.5 Å². The molecule has 136 valence electrons. The zero-order chi connectivity index (χ0) is 19.3. The Kier molecular flexibility index (Phi) is 5.96. The molecule has 0 aliphatic carbocycles. The molecule has 0 fully saturated rings. The van der Waals surface area contributed by atoms with E-state index in [1.54, 1.807) is 0 Å². The zero-order valence-electron chi connectivity index (χ0n) is 13.2. The lowest BCUT2D eigenvalue weighted by molar-refractivity contribution is -0.385. The van der Waals surface area contributed by atoms with Gasteiger partial charge in [-0.2, -0.15) is 0 Å². The number of carbonyl (C=O) groups is 1. The molecule has 8 nitrogen and oxygen atoms in total. The summed E-state index contributed by atoms with van der Waals surface area (Å²) in [5.74, 6) is -0.802. The second-order valence-electron chi connectivity index (χ2n) is 5.00. The molecule has 2 aromatic carbocycles. The topological polar surface area (TPSA) is 116 Å². The number of anilines is 1. The van der Waals surface area contributed by atoms with Crippen LogP contribution in [0, 0.1) is 10.1 Å². The Morgan fingerprint density at radius 2 is 1.92 bits per heavy atom. The lowest BCUT2D eigenvalue weighted by Crippen LogP contribution is -2.17. The predicted octanol–water partition coefficient (Wildman–Crippen LogP) is 3.30. The number of nitrogens with one attached hydrogen (secondary N) is 1. The molecule has 0 aliphatic heterocycles. The van der Waals surface area contributed by atoms with E-state index in [0.29, 0.717) is 0 Å². The molecule has 0 heterocycles. The Balaban J connectivity index is 2.33. The molecule has 0 aliphatic rings. The van der Waals surface area contributed by atoms with E-state index >= 15 is 0 Å². The van der Waals surface area contributed by atoms with E-state index in [0.717, 1.165) is 6.07 Å². The van der Waals surface area contributed by atoms with Crippen molar-refractivity contribution in [2.45, 2.75) is 4.90 Å². The number of rotatable bonds is 7. The van der Waals surface area contributed by atoms with Crippen molar-refractivity contribution in [3.05, 3.63) is 75.8 Å². The number of carbonyl (C=O) groups excluding carboxylic acids is 1. The van der Waals surface area contributed by atoms with Crippen LogP contribution < -0.4 is 4.72 Å². The zero-order valence-corrected chi connectivity index (χ0v) is 14.8. The van der Waals surface area contributed by atoms with Crippen molar-refractivity contribution in [2.24, 2.45) is 0 Å². The summed E-state index contributed by atoms with van der Waals surface area (Å²) in [6.45, 7) is 3.16. The SMILES string of the molecule is C=C(Cl)COC(=O)c1ccccc1NS(=O)(=O)c1cccc([N+](=O)[O-])c1. The van der Waals surface area contributed by atoms with Gasteiger partial charge in [0.2, 0.25) is 0 Å². The number of benzene rings is 2. The molecule has 0 radical (unpaired) electrons. The molecule has 2 rings (SSSR count). The first-order valence-corrected chi connectivity index (χ1v) is 8.93. The van der Waals surface area contributed by atoms with Crippen molar-refractivity contribution >= 4 is 39.0 Å². The number of nitrogens with zero attached hydrogens (tertiary/aromatic N) is 1. The van der Waals surface area contributed by atoms with Crippen LogP contribution in [-0.4, -0.2) is 25.9 Å². The average Bonchev–Trinajstić information content (AvgIpc) is 2.60. The molecule has 0 atom stereocenters. The molecular weight excluding hydrogens is 384 g/mol. The fraction of sp³-hybridized carbons (Fsp3) is 0.0625. The van der Waals surface area contributed by atoms with Gasteiger partial charge < -0.3 is 4.74 Å². The Hall–Kier alpha value is -2.91. The van der Waals surface area contributed by atoms with Crippen LogP contribution in [0.15, 0.2) is 65.0 Å². The Morgan fingerprint density at radius 1 is 1.23 bits per heavy atom. The van der Waals surface area contributed by atoms with Crippen LogP contribution in [0.4, 0.5) is 11.4 Å². The average molecular weight is 397 g/mol. The number of halogens is 1. The molecular formula is C16H13ClN2O6S. The molecule has 0 spiro atoms. The number of para-hydroxylation sites is 1. The quantitative estimate of drug-likeness (QED) is 0.436. The summed E-state index contributed by atoms with van der Waals surface area (Å²) in [7, 11) is -4.16. The van der Waals surface area contributed by atoms with Gasteiger partial charge in [-0.05, 0) is 18.2 Å². The molecule has 0 amide bonds. The first-order chi connectivity index (χ1) is 12.2. The van der Waals surface area contributed by atoms with Gasteiger partial charge in [-0.15, -0.1) is 0 Å². The van der Waals surface area contributed by atoms with E-state index in [9.17, 15) is 23.3 Å². The Labute approximate surface area is 154 Å². The van der Waals surface area contributed by atoms with Gasteiger partial charge in [0, 0.05) is 17.2 Å². The Morgan fingerprint density at radius 3 is 2.58 bits per heavy atom. The predicted molar refractivity (Wildman–Crippen MR) is 95.6 cm³/mol. The summed E-state index contributed by atoms with van der Waals surface area (Å²) in [5.41, 5.74) is -0.454.